The average Bonchev–Trinajstić information content (AvgIpc) is 3.05. The first-order valence-electron chi connectivity index (χ1n) is 5.91. The lowest BCUT2D eigenvalue weighted by Gasteiger charge is -2.24. The monoisotopic (exact) mass is 313 g/mol. The number of pyridine rings is 1. The number of thioether (sulfide) groups is 1. The van der Waals surface area contributed by atoms with E-state index in [1.165, 1.54) is 23.5 Å². The predicted octanol–water partition coefficient (Wildman–Crippen LogP) is 2.53. The van der Waals surface area contributed by atoms with Crippen LogP contribution in [0.2, 0.25) is 0 Å². The number of H-pyrrole nitrogens is 1. The number of nitrogens with one attached hydrogen (secondary N) is 1. The number of halogens is 3. The summed E-state index contributed by atoms with van der Waals surface area (Å²) in [6.45, 7) is 0. The van der Waals surface area contributed by atoms with Crippen molar-refractivity contribution in [2.45, 2.75) is 11.7 Å². The second-order valence-corrected chi connectivity index (χ2v) is 5.36. The zero-order valence-corrected chi connectivity index (χ0v) is 11.3. The minimum atomic E-state index is -4.49. The topological polar surface area (TPSA) is 70.8 Å². The third-order valence-corrected chi connectivity index (χ3v) is 3.99. The van der Waals surface area contributed by atoms with Gasteiger partial charge in [0.2, 0.25) is 0 Å². The van der Waals surface area contributed by atoms with Gasteiger partial charge in [-0.1, -0.05) is 17.8 Å². The largest absolute Gasteiger partial charge is 0.424 e. The summed E-state index contributed by atoms with van der Waals surface area (Å²) >= 11 is 0.558. The van der Waals surface area contributed by atoms with Gasteiger partial charge in [-0.25, -0.2) is 4.98 Å². The average molecular weight is 313 g/mol. The van der Waals surface area contributed by atoms with E-state index in [0.717, 1.165) is 0 Å². The number of nitrogens with zero attached hydrogens (tertiary/aromatic N) is 3. The zero-order chi connectivity index (χ0) is 15.0. The van der Waals surface area contributed by atoms with E-state index >= 15 is 0 Å². The van der Waals surface area contributed by atoms with Gasteiger partial charge >= 0.3 is 6.18 Å². The van der Waals surface area contributed by atoms with Crippen LogP contribution in [-0.2, 0) is 0 Å². The van der Waals surface area contributed by atoms with Crippen LogP contribution in [0.25, 0.3) is 5.70 Å². The molecule has 5 nitrogen and oxygen atoms in total. The molecule has 0 saturated heterocycles. The molecule has 0 fully saturated rings. The van der Waals surface area contributed by atoms with Gasteiger partial charge in [0.05, 0.1) is 11.9 Å². The molecule has 3 N–H and O–H groups in total. The van der Waals surface area contributed by atoms with Crippen molar-refractivity contribution in [1.82, 2.24) is 15.2 Å². The van der Waals surface area contributed by atoms with Gasteiger partial charge in [-0.3, -0.25) is 10.00 Å². The van der Waals surface area contributed by atoms with E-state index in [-0.39, 0.29) is 5.70 Å². The molecular weight excluding hydrogens is 303 g/mol. The lowest BCUT2D eigenvalue weighted by molar-refractivity contribution is -0.0829. The van der Waals surface area contributed by atoms with Gasteiger partial charge in [0.25, 0.3) is 0 Å². The Labute approximate surface area is 122 Å². The Hall–Kier alpha value is -2.00. The molecule has 0 aliphatic carbocycles. The Bertz CT molecular complexity index is 653. The Morgan fingerprint density at radius 3 is 2.71 bits per heavy atom. The summed E-state index contributed by atoms with van der Waals surface area (Å²) in [5.74, 6) is 0.355. The summed E-state index contributed by atoms with van der Waals surface area (Å²) in [6, 6.07) is 4.99. The molecule has 21 heavy (non-hydrogen) atoms. The molecule has 0 aromatic carbocycles. The van der Waals surface area contributed by atoms with Crippen LogP contribution in [0.4, 0.5) is 19.0 Å². The quantitative estimate of drug-likeness (QED) is 0.891. The van der Waals surface area contributed by atoms with E-state index in [9.17, 15) is 13.2 Å². The lowest BCUT2D eigenvalue weighted by atomic mass is 10.2. The summed E-state index contributed by atoms with van der Waals surface area (Å²) in [4.78, 5) is 4.70. The highest BCUT2D eigenvalue weighted by molar-refractivity contribution is 8.04. The van der Waals surface area contributed by atoms with Gasteiger partial charge < -0.3 is 5.73 Å². The number of hydrogen-bond donors (Lipinski definition) is 2. The smallest absolute Gasteiger partial charge is 0.302 e. The molecule has 1 atom stereocenters. The third-order valence-electron chi connectivity index (χ3n) is 2.87. The molecule has 0 radical (unpaired) electrons. The van der Waals surface area contributed by atoms with Crippen molar-refractivity contribution in [3.8, 4) is 0 Å². The van der Waals surface area contributed by atoms with Crippen LogP contribution in [0.1, 0.15) is 5.56 Å². The minimum Gasteiger partial charge on any atom is -0.302 e. The highest BCUT2D eigenvalue weighted by atomic mass is 32.2. The molecule has 0 saturated carbocycles. The summed E-state index contributed by atoms with van der Waals surface area (Å²) in [5.41, 5.74) is 5.25. The van der Waals surface area contributed by atoms with E-state index in [2.05, 4.69) is 15.2 Å². The zero-order valence-electron chi connectivity index (χ0n) is 10.5. The summed E-state index contributed by atoms with van der Waals surface area (Å²) in [7, 11) is 0. The van der Waals surface area contributed by atoms with Gasteiger partial charge in [0.15, 0.2) is 0 Å². The third kappa shape index (κ3) is 2.49. The van der Waals surface area contributed by atoms with E-state index in [0.29, 0.717) is 23.1 Å². The maximum absolute atomic E-state index is 13.3. The van der Waals surface area contributed by atoms with Crippen LogP contribution >= 0.6 is 11.8 Å². The molecule has 1 unspecified atom stereocenters. The lowest BCUT2D eigenvalue weighted by Crippen LogP contribution is -2.35. The molecule has 3 heterocycles. The standard InChI is InChI=1S/C12H10F3N5S/c13-12(14,15)10-9(7-5-18-19-6-7)20(11(16)21-10)8-3-1-2-4-17-8/h1-6,11H,16H2,(H,18,19). The van der Waals surface area contributed by atoms with Crippen LogP contribution in [0, 0.1) is 0 Å². The van der Waals surface area contributed by atoms with Crippen molar-refractivity contribution in [2.24, 2.45) is 5.73 Å². The van der Waals surface area contributed by atoms with Crippen molar-refractivity contribution in [3.63, 3.8) is 0 Å². The number of aromatic amines is 1. The van der Waals surface area contributed by atoms with Gasteiger partial charge in [-0.2, -0.15) is 18.3 Å². The van der Waals surface area contributed by atoms with Crippen LogP contribution in [0.15, 0.2) is 41.7 Å². The SMILES string of the molecule is NC1SC(C(F)(F)F)=C(c2cn[nH]c2)N1c1ccccn1. The molecule has 2 aromatic rings. The molecule has 9 heteroatoms. The number of hydrogen-bond acceptors (Lipinski definition) is 5. The maximum atomic E-state index is 13.3. The van der Waals surface area contributed by atoms with Crippen LogP contribution < -0.4 is 10.6 Å². The first kappa shape index (κ1) is 14.0. The Balaban J connectivity index is 2.17. The highest BCUT2D eigenvalue weighted by Gasteiger charge is 2.46. The summed E-state index contributed by atoms with van der Waals surface area (Å²) in [6.07, 6.45) is -0.255. The fourth-order valence-electron chi connectivity index (χ4n) is 2.06. The summed E-state index contributed by atoms with van der Waals surface area (Å²) < 4.78 is 39.8. The van der Waals surface area contributed by atoms with Gasteiger partial charge in [0.1, 0.15) is 16.2 Å². The van der Waals surface area contributed by atoms with E-state index < -0.39 is 16.6 Å². The number of alkyl halides is 3. The molecule has 0 amide bonds. The highest BCUT2D eigenvalue weighted by Crippen LogP contribution is 2.49. The Morgan fingerprint density at radius 2 is 2.14 bits per heavy atom. The predicted molar refractivity (Wildman–Crippen MR) is 73.8 cm³/mol. The van der Waals surface area contributed by atoms with E-state index in [1.807, 2.05) is 0 Å². The molecule has 1 aliphatic rings. The van der Waals surface area contributed by atoms with Gasteiger partial charge in [0, 0.05) is 18.0 Å². The molecule has 0 spiro atoms. The van der Waals surface area contributed by atoms with Crippen molar-refractivity contribution >= 4 is 23.3 Å². The van der Waals surface area contributed by atoms with Crippen LogP contribution in [-0.4, -0.2) is 26.9 Å². The normalized spacial score (nSPS) is 19.4. The summed E-state index contributed by atoms with van der Waals surface area (Å²) in [5, 5.41) is 6.23. The van der Waals surface area contributed by atoms with Crippen molar-refractivity contribution in [1.29, 1.82) is 0 Å². The first-order valence-corrected chi connectivity index (χ1v) is 6.79. The molecule has 3 rings (SSSR count). The molecular formula is C12H10F3N5S. The number of rotatable bonds is 2. The first-order chi connectivity index (χ1) is 9.98. The maximum Gasteiger partial charge on any atom is 0.424 e. The van der Waals surface area contributed by atoms with Crippen LogP contribution in [0.5, 0.6) is 0 Å². The second-order valence-electron chi connectivity index (χ2n) is 4.23. The minimum absolute atomic E-state index is 0.0348. The van der Waals surface area contributed by atoms with Gasteiger partial charge in [-0.05, 0) is 12.1 Å². The Kier molecular flexibility index (Phi) is 3.38. The molecule has 0 bridgehead atoms. The number of aromatic nitrogens is 3. The van der Waals surface area contributed by atoms with Crippen molar-refractivity contribution in [2.75, 3.05) is 4.90 Å². The fourth-order valence-corrected chi connectivity index (χ4v) is 3.08. The van der Waals surface area contributed by atoms with Crippen LogP contribution in [0.3, 0.4) is 0 Å². The second kappa shape index (κ2) is 5.08. The van der Waals surface area contributed by atoms with Crippen molar-refractivity contribution in [3.05, 3.63) is 47.3 Å². The van der Waals surface area contributed by atoms with Gasteiger partial charge in [-0.15, -0.1) is 0 Å². The fraction of sp³-hybridized carbons (Fsp3) is 0.167. The molecule has 1 aliphatic heterocycles. The number of allylic oxidation sites excluding steroid dienone is 1. The molecule has 2 aromatic heterocycles. The van der Waals surface area contributed by atoms with Crippen molar-refractivity contribution < 1.29 is 13.2 Å². The van der Waals surface area contributed by atoms with E-state index in [4.69, 9.17) is 5.73 Å². The molecule has 110 valence electrons. The van der Waals surface area contributed by atoms with E-state index in [1.54, 1.807) is 18.2 Å². The number of nitrogens with two attached hydrogens (primary N) is 1. The number of anilines is 1. The Morgan fingerprint density at radius 1 is 1.33 bits per heavy atom.